The summed E-state index contributed by atoms with van der Waals surface area (Å²) in [7, 11) is 1.42. The van der Waals surface area contributed by atoms with Crippen molar-refractivity contribution in [2.75, 3.05) is 13.8 Å². The van der Waals surface area contributed by atoms with Gasteiger partial charge in [-0.15, -0.1) is 4.91 Å². The number of carbonyl (C=O) groups excluding carboxylic acids is 1. The van der Waals surface area contributed by atoms with Crippen LogP contribution in [0.2, 0.25) is 0 Å². The number of esters is 1. The fraction of sp³-hybridized carbons (Fsp3) is 0.833. The van der Waals surface area contributed by atoms with Gasteiger partial charge >= 0.3 is 5.97 Å². The van der Waals surface area contributed by atoms with E-state index in [1.54, 1.807) is 0 Å². The molecule has 0 heterocycles. The molecule has 1 atom stereocenters. The molecule has 6 heteroatoms. The van der Waals surface area contributed by atoms with Gasteiger partial charge < -0.3 is 9.47 Å². The zero-order valence-electron chi connectivity index (χ0n) is 7.31. The van der Waals surface area contributed by atoms with Crippen molar-refractivity contribution >= 4 is 5.97 Å². The lowest BCUT2D eigenvalue weighted by molar-refractivity contribution is -0.159. The van der Waals surface area contributed by atoms with Crippen molar-refractivity contribution in [1.82, 2.24) is 5.01 Å². The molecule has 0 aromatic carbocycles. The number of carbonyl (C=O) groups is 1. The zero-order chi connectivity index (χ0) is 9.56. The van der Waals surface area contributed by atoms with E-state index in [1.807, 2.05) is 0 Å². The van der Waals surface area contributed by atoms with Crippen molar-refractivity contribution in [3.05, 3.63) is 4.91 Å². The molecule has 0 fully saturated rings. The summed E-state index contributed by atoms with van der Waals surface area (Å²) in [5, 5.41) is 3.59. The van der Waals surface area contributed by atoms with Crippen molar-refractivity contribution in [1.29, 1.82) is 0 Å². The maximum absolute atomic E-state index is 10.4. The van der Waals surface area contributed by atoms with Crippen LogP contribution in [0.5, 0.6) is 0 Å². The van der Waals surface area contributed by atoms with Crippen molar-refractivity contribution in [3.63, 3.8) is 0 Å². The smallest absolute Gasteiger partial charge is 0.304 e. The monoisotopic (exact) mass is 176 g/mol. The van der Waals surface area contributed by atoms with Crippen LogP contribution in [0.4, 0.5) is 0 Å². The molecular formula is C6H12N2O4. The Labute approximate surface area is 70.4 Å². The molecule has 1 unspecified atom stereocenters. The van der Waals surface area contributed by atoms with Crippen molar-refractivity contribution < 1.29 is 14.3 Å². The molecule has 0 aromatic heterocycles. The lowest BCUT2D eigenvalue weighted by atomic mass is 10.6. The van der Waals surface area contributed by atoms with Gasteiger partial charge in [-0.2, -0.15) is 5.01 Å². The molecule has 0 amide bonds. The van der Waals surface area contributed by atoms with Crippen molar-refractivity contribution in [2.45, 2.75) is 20.1 Å². The van der Waals surface area contributed by atoms with Crippen LogP contribution in [0.1, 0.15) is 13.8 Å². The minimum atomic E-state index is -0.694. The lowest BCUT2D eigenvalue weighted by Crippen LogP contribution is -2.33. The molecule has 0 saturated carbocycles. The average molecular weight is 176 g/mol. The van der Waals surface area contributed by atoms with Crippen molar-refractivity contribution in [2.24, 2.45) is 5.29 Å². The third kappa shape index (κ3) is 3.87. The summed E-state index contributed by atoms with van der Waals surface area (Å²) in [6, 6.07) is 0. The molecule has 0 saturated heterocycles. The van der Waals surface area contributed by atoms with E-state index in [-0.39, 0.29) is 6.73 Å². The SMILES string of the molecule is COCN(N=O)C(C)OC(C)=O. The first-order valence-corrected chi connectivity index (χ1v) is 3.38. The Morgan fingerprint density at radius 1 is 1.67 bits per heavy atom. The van der Waals surface area contributed by atoms with Crippen molar-refractivity contribution in [3.8, 4) is 0 Å². The van der Waals surface area contributed by atoms with Crippen LogP contribution in [0, 0.1) is 4.91 Å². The Morgan fingerprint density at radius 3 is 2.58 bits per heavy atom. The summed E-state index contributed by atoms with van der Waals surface area (Å²) in [5.74, 6) is -0.466. The topological polar surface area (TPSA) is 68.2 Å². The van der Waals surface area contributed by atoms with Crippen LogP contribution in [0.15, 0.2) is 5.29 Å². The third-order valence-corrected chi connectivity index (χ3v) is 1.12. The first kappa shape index (κ1) is 10.8. The second kappa shape index (κ2) is 5.48. The highest BCUT2D eigenvalue weighted by atomic mass is 16.6. The number of hydrogen-bond acceptors (Lipinski definition) is 5. The van der Waals surface area contributed by atoms with Gasteiger partial charge in [-0.05, 0) is 6.92 Å². The molecule has 0 spiro atoms. The highest BCUT2D eigenvalue weighted by Crippen LogP contribution is 2.01. The molecule has 70 valence electrons. The largest absolute Gasteiger partial charge is 0.440 e. The number of ether oxygens (including phenoxy) is 2. The number of nitroso groups, excluding NO2 is 1. The summed E-state index contributed by atoms with van der Waals surface area (Å²) in [6.45, 7) is 2.78. The highest BCUT2D eigenvalue weighted by molar-refractivity contribution is 5.66. The maximum Gasteiger partial charge on any atom is 0.304 e. The van der Waals surface area contributed by atoms with E-state index in [9.17, 15) is 9.70 Å². The second-order valence-electron chi connectivity index (χ2n) is 2.15. The predicted octanol–water partition coefficient (Wildman–Crippen LogP) is 0.483. The molecular weight excluding hydrogens is 164 g/mol. The molecule has 0 rings (SSSR count). The molecule has 0 aliphatic carbocycles. The quantitative estimate of drug-likeness (QED) is 0.264. The van der Waals surface area contributed by atoms with Gasteiger partial charge in [0.2, 0.25) is 0 Å². The highest BCUT2D eigenvalue weighted by Gasteiger charge is 2.14. The number of rotatable bonds is 5. The summed E-state index contributed by atoms with van der Waals surface area (Å²) >= 11 is 0. The Balaban J connectivity index is 3.92. The lowest BCUT2D eigenvalue weighted by Gasteiger charge is -2.20. The molecule has 0 aliphatic heterocycles. The fourth-order valence-electron chi connectivity index (χ4n) is 0.628. The van der Waals surface area contributed by atoms with Gasteiger partial charge in [-0.25, -0.2) is 0 Å². The molecule has 0 aliphatic rings. The molecule has 0 aromatic rings. The van der Waals surface area contributed by atoms with E-state index < -0.39 is 12.2 Å². The minimum absolute atomic E-state index is 0.00204. The Morgan fingerprint density at radius 2 is 2.25 bits per heavy atom. The summed E-state index contributed by atoms with van der Waals surface area (Å²) in [6.07, 6.45) is -0.694. The fourth-order valence-corrected chi connectivity index (χ4v) is 0.628. The molecule has 6 nitrogen and oxygen atoms in total. The van der Waals surface area contributed by atoms with E-state index in [2.05, 4.69) is 14.8 Å². The molecule has 12 heavy (non-hydrogen) atoms. The first-order valence-electron chi connectivity index (χ1n) is 3.38. The van der Waals surface area contributed by atoms with E-state index in [4.69, 9.17) is 0 Å². The van der Waals surface area contributed by atoms with Gasteiger partial charge in [-0.3, -0.25) is 4.79 Å². The van der Waals surface area contributed by atoms with Crippen LogP contribution >= 0.6 is 0 Å². The van der Waals surface area contributed by atoms with E-state index in [1.165, 1.54) is 21.0 Å². The Hall–Kier alpha value is -1.17. The van der Waals surface area contributed by atoms with Crippen LogP contribution in [-0.4, -0.2) is 31.0 Å². The van der Waals surface area contributed by atoms with Gasteiger partial charge in [0.25, 0.3) is 0 Å². The third-order valence-electron chi connectivity index (χ3n) is 1.12. The van der Waals surface area contributed by atoms with Crippen LogP contribution in [0.3, 0.4) is 0 Å². The second-order valence-corrected chi connectivity index (χ2v) is 2.15. The van der Waals surface area contributed by atoms with Gasteiger partial charge in [0.1, 0.15) is 6.73 Å². The Bertz CT molecular complexity index is 162. The van der Waals surface area contributed by atoms with Gasteiger partial charge in [0, 0.05) is 14.0 Å². The van der Waals surface area contributed by atoms with Gasteiger partial charge in [0.05, 0.1) is 5.29 Å². The normalized spacial score (nSPS) is 11.9. The summed E-state index contributed by atoms with van der Waals surface area (Å²) in [4.78, 5) is 20.6. The van der Waals surface area contributed by atoms with E-state index >= 15 is 0 Å². The van der Waals surface area contributed by atoms with Gasteiger partial charge in [0.15, 0.2) is 6.23 Å². The zero-order valence-corrected chi connectivity index (χ0v) is 7.31. The standard InChI is InChI=1S/C6H12N2O4/c1-5(12-6(2)9)8(7-10)4-11-3/h5H,4H2,1-3H3. The number of methoxy groups -OCH3 is 1. The molecule has 0 bridgehead atoms. The number of nitrogens with zero attached hydrogens (tertiary/aromatic N) is 2. The predicted molar refractivity (Wildman–Crippen MR) is 40.7 cm³/mol. The van der Waals surface area contributed by atoms with E-state index in [0.29, 0.717) is 0 Å². The summed E-state index contributed by atoms with van der Waals surface area (Å²) in [5.41, 5.74) is 0. The molecule has 0 radical (unpaired) electrons. The number of hydrogen-bond donors (Lipinski definition) is 0. The van der Waals surface area contributed by atoms with Crippen LogP contribution in [0.25, 0.3) is 0 Å². The van der Waals surface area contributed by atoms with E-state index in [0.717, 1.165) is 5.01 Å². The minimum Gasteiger partial charge on any atom is -0.440 e. The van der Waals surface area contributed by atoms with Gasteiger partial charge in [-0.1, -0.05) is 0 Å². The maximum atomic E-state index is 10.4. The molecule has 0 N–H and O–H groups in total. The first-order chi connectivity index (χ1) is 5.61. The average Bonchev–Trinajstić information content (AvgIpc) is 1.98. The van der Waals surface area contributed by atoms with Crippen LogP contribution in [-0.2, 0) is 14.3 Å². The Kier molecular flexibility index (Phi) is 4.94. The summed E-state index contributed by atoms with van der Waals surface area (Å²) < 4.78 is 9.31. The van der Waals surface area contributed by atoms with Crippen LogP contribution < -0.4 is 0 Å².